The summed E-state index contributed by atoms with van der Waals surface area (Å²) < 4.78 is 39.2. The number of carboxylic acids is 1. The van der Waals surface area contributed by atoms with Crippen LogP contribution in [0.2, 0.25) is 0 Å². The Morgan fingerprint density at radius 2 is 1.82 bits per heavy atom. The number of pyridine rings is 1. The molecule has 1 aromatic carbocycles. The Bertz CT molecular complexity index is 851. The highest BCUT2D eigenvalue weighted by Gasteiger charge is 2.30. The van der Waals surface area contributed by atoms with E-state index in [1.807, 2.05) is 0 Å². The molecule has 0 saturated carbocycles. The van der Waals surface area contributed by atoms with E-state index in [9.17, 15) is 18.0 Å². The van der Waals surface area contributed by atoms with Gasteiger partial charge >= 0.3 is 12.1 Å². The molecule has 0 fully saturated rings. The average molecular weight is 306 g/mol. The number of hydrogen-bond acceptors (Lipinski definition) is 2. The summed E-state index contributed by atoms with van der Waals surface area (Å²) in [5.74, 6) is -1.08. The van der Waals surface area contributed by atoms with E-state index in [1.54, 1.807) is 0 Å². The van der Waals surface area contributed by atoms with Gasteiger partial charge in [0.05, 0.1) is 22.8 Å². The number of hydrogen-bond donors (Lipinski definition) is 1. The van der Waals surface area contributed by atoms with Crippen LogP contribution in [0.5, 0.6) is 0 Å². The zero-order chi connectivity index (χ0) is 15.9. The summed E-state index contributed by atoms with van der Waals surface area (Å²) in [6, 6.07) is 7.49. The number of nitrogens with zero attached hydrogens (tertiary/aromatic N) is 2. The second kappa shape index (κ2) is 4.87. The summed E-state index contributed by atoms with van der Waals surface area (Å²) in [5.41, 5.74) is 0.960. The van der Waals surface area contributed by atoms with Crippen molar-refractivity contribution in [3.63, 3.8) is 0 Å². The van der Waals surface area contributed by atoms with Gasteiger partial charge in [0, 0.05) is 11.8 Å². The fraction of sp³-hybridized carbons (Fsp3) is 0.0667. The van der Waals surface area contributed by atoms with E-state index in [2.05, 4.69) is 5.10 Å². The molecule has 2 heterocycles. The molecule has 3 aromatic rings. The van der Waals surface area contributed by atoms with Crippen molar-refractivity contribution in [2.75, 3.05) is 0 Å². The van der Waals surface area contributed by atoms with Gasteiger partial charge in [-0.1, -0.05) is 12.1 Å². The topological polar surface area (TPSA) is 54.6 Å². The monoisotopic (exact) mass is 306 g/mol. The molecule has 0 bridgehead atoms. The number of carboxylic acid groups (broad SMARTS) is 1. The fourth-order valence-corrected chi connectivity index (χ4v) is 2.17. The second-order valence-electron chi connectivity index (χ2n) is 4.68. The maximum Gasteiger partial charge on any atom is 0.416 e. The zero-order valence-electron chi connectivity index (χ0n) is 11.0. The molecule has 0 atom stereocenters. The van der Waals surface area contributed by atoms with Crippen LogP contribution in [0.4, 0.5) is 13.2 Å². The standard InChI is InChI=1S/C15H9F3N2O2/c16-15(17,18)11-3-1-9(2-4-11)12-8-19-20-6-5-10(14(21)22)7-13(12)20/h1-8H,(H,21,22). The zero-order valence-corrected chi connectivity index (χ0v) is 11.0. The third-order valence-corrected chi connectivity index (χ3v) is 3.29. The number of carbonyl (C=O) groups is 1. The Hall–Kier alpha value is -2.83. The number of aromatic carboxylic acids is 1. The summed E-state index contributed by atoms with van der Waals surface area (Å²) >= 11 is 0. The average Bonchev–Trinajstić information content (AvgIpc) is 2.89. The van der Waals surface area contributed by atoms with Crippen LogP contribution in [0.3, 0.4) is 0 Å². The van der Waals surface area contributed by atoms with Crippen LogP contribution < -0.4 is 0 Å². The van der Waals surface area contributed by atoms with Crippen molar-refractivity contribution in [1.82, 2.24) is 9.61 Å². The lowest BCUT2D eigenvalue weighted by atomic mass is 10.0. The molecule has 0 aliphatic rings. The number of rotatable bonds is 2. The molecule has 3 rings (SSSR count). The first kappa shape index (κ1) is 14.1. The third kappa shape index (κ3) is 2.41. The van der Waals surface area contributed by atoms with Crippen molar-refractivity contribution < 1.29 is 23.1 Å². The van der Waals surface area contributed by atoms with Crippen LogP contribution in [0, 0.1) is 0 Å². The Morgan fingerprint density at radius 1 is 1.14 bits per heavy atom. The smallest absolute Gasteiger partial charge is 0.416 e. The van der Waals surface area contributed by atoms with E-state index in [1.165, 1.54) is 41.2 Å². The van der Waals surface area contributed by atoms with Crippen LogP contribution in [0.15, 0.2) is 48.8 Å². The van der Waals surface area contributed by atoms with Gasteiger partial charge in [-0.05, 0) is 29.8 Å². The highest BCUT2D eigenvalue weighted by atomic mass is 19.4. The molecule has 2 aromatic heterocycles. The van der Waals surface area contributed by atoms with E-state index < -0.39 is 17.7 Å². The number of aromatic nitrogens is 2. The second-order valence-corrected chi connectivity index (χ2v) is 4.68. The quantitative estimate of drug-likeness (QED) is 0.785. The van der Waals surface area contributed by atoms with Crippen LogP contribution in [-0.2, 0) is 6.18 Å². The molecule has 0 aliphatic heterocycles. The summed E-state index contributed by atoms with van der Waals surface area (Å²) in [6.07, 6.45) is -1.41. The summed E-state index contributed by atoms with van der Waals surface area (Å²) in [7, 11) is 0. The lowest BCUT2D eigenvalue weighted by Crippen LogP contribution is -2.04. The van der Waals surface area contributed by atoms with E-state index in [4.69, 9.17) is 5.11 Å². The number of fused-ring (bicyclic) bond motifs is 1. The number of benzene rings is 1. The van der Waals surface area contributed by atoms with Crippen LogP contribution in [-0.4, -0.2) is 20.7 Å². The van der Waals surface area contributed by atoms with E-state index in [0.717, 1.165) is 12.1 Å². The minimum atomic E-state index is -4.39. The lowest BCUT2D eigenvalue weighted by molar-refractivity contribution is -0.137. The predicted octanol–water partition coefficient (Wildman–Crippen LogP) is 3.72. The molecule has 112 valence electrons. The van der Waals surface area contributed by atoms with E-state index in [-0.39, 0.29) is 5.56 Å². The van der Waals surface area contributed by atoms with Crippen molar-refractivity contribution in [3.8, 4) is 11.1 Å². The first-order chi connectivity index (χ1) is 10.4. The fourth-order valence-electron chi connectivity index (χ4n) is 2.17. The minimum absolute atomic E-state index is 0.0844. The Morgan fingerprint density at radius 3 is 2.41 bits per heavy atom. The van der Waals surface area contributed by atoms with Gasteiger partial charge in [-0.2, -0.15) is 18.3 Å². The summed E-state index contributed by atoms with van der Waals surface area (Å²) in [4.78, 5) is 11.0. The highest BCUT2D eigenvalue weighted by Crippen LogP contribution is 2.32. The maximum atomic E-state index is 12.6. The first-order valence-electron chi connectivity index (χ1n) is 6.24. The van der Waals surface area contributed by atoms with Gasteiger partial charge < -0.3 is 5.11 Å². The third-order valence-electron chi connectivity index (χ3n) is 3.29. The van der Waals surface area contributed by atoms with Crippen LogP contribution in [0.1, 0.15) is 15.9 Å². The first-order valence-corrected chi connectivity index (χ1v) is 6.24. The van der Waals surface area contributed by atoms with Crippen molar-refractivity contribution in [1.29, 1.82) is 0 Å². The van der Waals surface area contributed by atoms with Gasteiger partial charge in [0.1, 0.15) is 0 Å². The minimum Gasteiger partial charge on any atom is -0.478 e. The Kier molecular flexibility index (Phi) is 3.13. The van der Waals surface area contributed by atoms with Crippen molar-refractivity contribution in [3.05, 3.63) is 59.9 Å². The van der Waals surface area contributed by atoms with E-state index in [0.29, 0.717) is 16.6 Å². The molecule has 1 N–H and O–H groups in total. The number of halogens is 3. The van der Waals surface area contributed by atoms with Gasteiger partial charge in [0.15, 0.2) is 0 Å². The number of alkyl halides is 3. The molecular formula is C15H9F3N2O2. The highest BCUT2D eigenvalue weighted by molar-refractivity contribution is 5.91. The van der Waals surface area contributed by atoms with Gasteiger partial charge in [0.25, 0.3) is 0 Å². The van der Waals surface area contributed by atoms with Crippen molar-refractivity contribution in [2.24, 2.45) is 0 Å². The molecule has 7 heteroatoms. The molecular weight excluding hydrogens is 297 g/mol. The Labute approximate surface area is 122 Å². The van der Waals surface area contributed by atoms with Crippen LogP contribution in [0.25, 0.3) is 16.6 Å². The molecule has 0 radical (unpaired) electrons. The summed E-state index contributed by atoms with van der Waals surface area (Å²) in [5, 5.41) is 13.1. The SMILES string of the molecule is O=C(O)c1ccn2ncc(-c3ccc(C(F)(F)F)cc3)c2c1. The molecule has 0 aliphatic carbocycles. The molecule has 0 saturated heterocycles. The normalized spacial score (nSPS) is 11.8. The van der Waals surface area contributed by atoms with E-state index >= 15 is 0 Å². The van der Waals surface area contributed by atoms with Crippen LogP contribution >= 0.6 is 0 Å². The van der Waals surface area contributed by atoms with Gasteiger partial charge in [-0.15, -0.1) is 0 Å². The molecule has 0 unspecified atom stereocenters. The molecule has 22 heavy (non-hydrogen) atoms. The van der Waals surface area contributed by atoms with Gasteiger partial charge in [-0.25, -0.2) is 9.31 Å². The van der Waals surface area contributed by atoms with Gasteiger partial charge in [0.2, 0.25) is 0 Å². The maximum absolute atomic E-state index is 12.6. The summed E-state index contributed by atoms with van der Waals surface area (Å²) in [6.45, 7) is 0. The van der Waals surface area contributed by atoms with Crippen molar-refractivity contribution >= 4 is 11.5 Å². The molecule has 4 nitrogen and oxygen atoms in total. The lowest BCUT2D eigenvalue weighted by Gasteiger charge is -2.07. The van der Waals surface area contributed by atoms with Gasteiger partial charge in [-0.3, -0.25) is 0 Å². The predicted molar refractivity (Wildman–Crippen MR) is 72.6 cm³/mol. The Balaban J connectivity index is 2.10. The largest absolute Gasteiger partial charge is 0.478 e. The molecule has 0 amide bonds. The molecule has 0 spiro atoms. The van der Waals surface area contributed by atoms with Crippen molar-refractivity contribution in [2.45, 2.75) is 6.18 Å².